The molecular weight excluding hydrogens is 737 g/mol. The molecule has 1 saturated carbocycles. The molecule has 284 valence electrons. The maximum absolute atomic E-state index is 2.56. The molecule has 0 spiro atoms. The summed E-state index contributed by atoms with van der Waals surface area (Å²) >= 11 is 0. The van der Waals surface area contributed by atoms with Crippen LogP contribution in [0.3, 0.4) is 0 Å². The van der Waals surface area contributed by atoms with Crippen LogP contribution in [0.15, 0.2) is 146 Å². The molecular formula is C52H60Si4. The Balaban J connectivity index is 1.21. The molecule has 9 aliphatic rings. The maximum Gasteiger partial charge on any atom is 0.0849 e. The van der Waals surface area contributed by atoms with E-state index in [0.29, 0.717) is 23.7 Å². The maximum atomic E-state index is 2.56. The van der Waals surface area contributed by atoms with Gasteiger partial charge in [-0.15, -0.1) is 0 Å². The highest BCUT2D eigenvalue weighted by Gasteiger charge is 2.53. The van der Waals surface area contributed by atoms with Crippen molar-refractivity contribution in [2.45, 2.75) is 100 Å². The van der Waals surface area contributed by atoms with Crippen LogP contribution in [0.25, 0.3) is 0 Å². The fraction of sp³-hybridized carbons (Fsp3) is 0.308. The zero-order valence-corrected chi connectivity index (χ0v) is 39.0. The molecule has 8 aliphatic heterocycles. The predicted octanol–water partition coefficient (Wildman–Crippen LogP) is 10.6. The Kier molecular flexibility index (Phi) is 9.39. The van der Waals surface area contributed by atoms with Crippen LogP contribution in [-0.4, -0.2) is 32.3 Å². The Labute approximate surface area is 341 Å². The van der Waals surface area contributed by atoms with Crippen LogP contribution >= 0.6 is 0 Å². The van der Waals surface area contributed by atoms with Crippen LogP contribution in [-0.2, 0) is 24.2 Å². The van der Waals surface area contributed by atoms with Gasteiger partial charge >= 0.3 is 0 Å². The largest absolute Gasteiger partial charge is 0.0849 e. The minimum atomic E-state index is -1.70. The van der Waals surface area contributed by atoms with E-state index < -0.39 is 32.3 Å². The van der Waals surface area contributed by atoms with Crippen molar-refractivity contribution < 1.29 is 0 Å². The fourth-order valence-electron chi connectivity index (χ4n) is 11.0. The van der Waals surface area contributed by atoms with Gasteiger partial charge in [0.2, 0.25) is 0 Å². The standard InChI is InChI=1S/C52H60Si4/c1-53(2)33-37-9-11-38(12-10-37)34-54(3,4)46-27-19-42(20-28-46)50-49(41-17-25-45(53)26-18-41)51-43-21-29-47(30-22-43)55(5,6)35-39-13-15-40(16-14-39)36-56(7,8)48-31-23-44(24-32-48)52(50)51/h9-32,49-52H,33-36H2,1-8H3. The number of hydrogen-bond donors (Lipinski definition) is 0. The second-order valence-electron chi connectivity index (χ2n) is 20.5. The number of hydrogen-bond acceptors (Lipinski definition) is 0. The Morgan fingerprint density at radius 1 is 0.250 bits per heavy atom. The van der Waals surface area contributed by atoms with Crippen molar-refractivity contribution in [3.63, 3.8) is 0 Å². The highest BCUT2D eigenvalue weighted by atomic mass is 28.3. The van der Waals surface area contributed by atoms with Gasteiger partial charge in [0, 0.05) is 0 Å². The van der Waals surface area contributed by atoms with Crippen molar-refractivity contribution >= 4 is 53.0 Å². The Hall–Kier alpha value is -3.81. The SMILES string of the molecule is C[Si]1(C)Cc2ccc(cc2)C[Si](C)(C)c2ccc(cc2)C2C(c3ccc1cc3)C1c3ccc(cc3)[Si](C)(C)Cc3ccc(cc3)C[Si](C)(C)c3ccc(cc3)C21. The van der Waals surface area contributed by atoms with Gasteiger partial charge in [-0.2, -0.15) is 0 Å². The summed E-state index contributed by atoms with van der Waals surface area (Å²) in [5, 5.41) is 6.26. The molecule has 0 atom stereocenters. The lowest BCUT2D eigenvalue weighted by atomic mass is 9.49. The highest BCUT2D eigenvalue weighted by Crippen LogP contribution is 2.66. The summed E-state index contributed by atoms with van der Waals surface area (Å²) in [6, 6.07) is 64.6. The quantitative estimate of drug-likeness (QED) is 0.134. The van der Waals surface area contributed by atoms with E-state index in [0.717, 1.165) is 0 Å². The summed E-state index contributed by atoms with van der Waals surface area (Å²) in [4.78, 5) is 0. The molecule has 8 heterocycles. The molecule has 15 rings (SSSR count). The fourth-order valence-corrected chi connectivity index (χ4v) is 21.2. The first kappa shape index (κ1) is 37.7. The zero-order valence-electron chi connectivity index (χ0n) is 35.0. The van der Waals surface area contributed by atoms with E-state index in [-0.39, 0.29) is 0 Å². The van der Waals surface area contributed by atoms with Gasteiger partial charge in [0.1, 0.15) is 0 Å². The van der Waals surface area contributed by atoms with Gasteiger partial charge in [0.05, 0.1) is 32.3 Å². The molecule has 1 aliphatic carbocycles. The van der Waals surface area contributed by atoms with E-state index >= 15 is 0 Å². The molecule has 6 aromatic rings. The van der Waals surface area contributed by atoms with Crippen molar-refractivity contribution in [3.05, 3.63) is 190 Å². The lowest BCUT2D eigenvalue weighted by Gasteiger charge is -2.54. The topological polar surface area (TPSA) is 0 Å². The van der Waals surface area contributed by atoms with E-state index in [2.05, 4.69) is 198 Å². The molecule has 56 heavy (non-hydrogen) atoms. The molecule has 0 nitrogen and oxygen atoms in total. The molecule has 0 unspecified atom stereocenters. The van der Waals surface area contributed by atoms with Crippen molar-refractivity contribution in [1.82, 2.24) is 0 Å². The minimum absolute atomic E-state index is 0.408. The summed E-state index contributed by atoms with van der Waals surface area (Å²) in [6.07, 6.45) is 0. The lowest BCUT2D eigenvalue weighted by molar-refractivity contribution is 0.229. The van der Waals surface area contributed by atoms with Crippen LogP contribution in [0.1, 0.15) is 68.2 Å². The summed E-state index contributed by atoms with van der Waals surface area (Å²) in [6.45, 7) is 20.5. The van der Waals surface area contributed by atoms with Gasteiger partial charge < -0.3 is 0 Å². The van der Waals surface area contributed by atoms with Gasteiger partial charge in [-0.1, -0.05) is 241 Å². The molecule has 0 aromatic heterocycles. The smallest absolute Gasteiger partial charge is 0.0652 e. The van der Waals surface area contributed by atoms with Crippen LogP contribution < -0.4 is 20.7 Å². The second-order valence-corrected chi connectivity index (χ2v) is 39.3. The number of benzene rings is 6. The molecule has 0 radical (unpaired) electrons. The van der Waals surface area contributed by atoms with Crippen LogP contribution in [0.5, 0.6) is 0 Å². The van der Waals surface area contributed by atoms with Gasteiger partial charge in [0.25, 0.3) is 0 Å². The zero-order chi connectivity index (χ0) is 39.0. The predicted molar refractivity (Wildman–Crippen MR) is 253 cm³/mol. The Morgan fingerprint density at radius 3 is 0.571 bits per heavy atom. The normalized spacial score (nSPS) is 24.0. The van der Waals surface area contributed by atoms with Gasteiger partial charge in [0.15, 0.2) is 0 Å². The first-order valence-electron chi connectivity index (χ1n) is 21.2. The lowest BCUT2D eigenvalue weighted by Crippen LogP contribution is -2.46. The minimum Gasteiger partial charge on any atom is -0.0652 e. The van der Waals surface area contributed by atoms with Crippen LogP contribution in [0.2, 0.25) is 52.4 Å². The monoisotopic (exact) mass is 796 g/mol. The van der Waals surface area contributed by atoms with Crippen molar-refractivity contribution in [3.8, 4) is 0 Å². The van der Waals surface area contributed by atoms with Gasteiger partial charge in [-0.25, -0.2) is 0 Å². The second kappa shape index (κ2) is 13.9. The molecule has 0 saturated heterocycles. The van der Waals surface area contributed by atoms with Crippen molar-refractivity contribution in [1.29, 1.82) is 0 Å². The third-order valence-electron chi connectivity index (χ3n) is 14.5. The molecule has 6 aromatic carbocycles. The third-order valence-corrected chi connectivity index (χ3v) is 27.2. The average molecular weight is 797 g/mol. The first-order valence-corrected chi connectivity index (χ1v) is 34.1. The summed E-state index contributed by atoms with van der Waals surface area (Å²) in [5.74, 6) is 1.63. The summed E-state index contributed by atoms with van der Waals surface area (Å²) in [7, 11) is -6.81. The molecule has 12 bridgehead atoms. The number of rotatable bonds is 0. The van der Waals surface area contributed by atoms with Gasteiger partial charge in [-0.3, -0.25) is 0 Å². The third kappa shape index (κ3) is 6.95. The Morgan fingerprint density at radius 2 is 0.411 bits per heavy atom. The molecule has 1 fully saturated rings. The first-order chi connectivity index (χ1) is 26.7. The Bertz CT molecular complexity index is 1990. The molecule has 0 N–H and O–H groups in total. The van der Waals surface area contributed by atoms with E-state index in [1.807, 2.05) is 0 Å². The average Bonchev–Trinajstić information content (AvgIpc) is 3.16. The van der Waals surface area contributed by atoms with Crippen molar-refractivity contribution in [2.24, 2.45) is 0 Å². The number of fused-ring (bicyclic) bond motifs is 6. The van der Waals surface area contributed by atoms with E-state index in [4.69, 9.17) is 0 Å². The highest BCUT2D eigenvalue weighted by molar-refractivity contribution is 6.90. The van der Waals surface area contributed by atoms with E-state index in [9.17, 15) is 0 Å². The van der Waals surface area contributed by atoms with E-state index in [1.165, 1.54) is 68.7 Å². The van der Waals surface area contributed by atoms with Crippen molar-refractivity contribution in [2.75, 3.05) is 0 Å². The summed E-state index contributed by atoms with van der Waals surface area (Å²) in [5.41, 5.74) is 12.0. The summed E-state index contributed by atoms with van der Waals surface area (Å²) < 4.78 is 0. The molecule has 4 heteroatoms. The van der Waals surface area contributed by atoms with E-state index in [1.54, 1.807) is 20.7 Å². The molecule has 0 amide bonds. The van der Waals surface area contributed by atoms with Crippen LogP contribution in [0.4, 0.5) is 0 Å². The van der Waals surface area contributed by atoms with Crippen LogP contribution in [0, 0.1) is 0 Å². The van der Waals surface area contributed by atoms with Gasteiger partial charge in [-0.05, 0) is 70.1 Å².